The smallest absolute Gasteiger partial charge is 0.196 e. The van der Waals surface area contributed by atoms with Crippen molar-refractivity contribution in [1.29, 1.82) is 0 Å². The highest BCUT2D eigenvalue weighted by Crippen LogP contribution is 2.46. The second-order valence-corrected chi connectivity index (χ2v) is 8.89. The van der Waals surface area contributed by atoms with Crippen molar-refractivity contribution in [2.24, 2.45) is 0 Å². The van der Waals surface area contributed by atoms with Crippen molar-refractivity contribution in [2.75, 3.05) is 42.9 Å². The third-order valence-corrected chi connectivity index (χ3v) is 6.75. The summed E-state index contributed by atoms with van der Waals surface area (Å²) in [6.45, 7) is 6.99. The molecule has 172 valence electrons. The molecular weight excluding hydrogens is 431 g/mol. The number of benzene rings is 3. The zero-order chi connectivity index (χ0) is 23.2. The molecule has 0 atom stereocenters. The van der Waals surface area contributed by atoms with Crippen molar-refractivity contribution in [3.8, 4) is 11.3 Å². The van der Waals surface area contributed by atoms with Crippen LogP contribution in [0.5, 0.6) is 0 Å². The number of hydrogen-bond donors (Lipinski definition) is 1. The molecule has 4 aromatic rings. The molecule has 6 nitrogen and oxygen atoms in total. The van der Waals surface area contributed by atoms with Gasteiger partial charge in [-0.2, -0.15) is 0 Å². The molecule has 0 unspecified atom stereocenters. The Kier molecular flexibility index (Phi) is 5.07. The molecule has 1 aliphatic carbocycles. The Morgan fingerprint density at radius 1 is 1.03 bits per heavy atom. The lowest BCUT2D eigenvalue weighted by atomic mass is 9.86. The van der Waals surface area contributed by atoms with E-state index < -0.39 is 0 Å². The minimum atomic E-state index is -0.306. The molecule has 0 bridgehead atoms. The van der Waals surface area contributed by atoms with Gasteiger partial charge in [-0.05, 0) is 43.3 Å². The van der Waals surface area contributed by atoms with Crippen LogP contribution in [0, 0.1) is 5.82 Å². The van der Waals surface area contributed by atoms with E-state index in [0.29, 0.717) is 33.8 Å². The van der Waals surface area contributed by atoms with Gasteiger partial charge in [-0.25, -0.2) is 4.39 Å². The third-order valence-electron chi connectivity index (χ3n) is 6.75. The van der Waals surface area contributed by atoms with E-state index in [1.54, 1.807) is 12.1 Å². The summed E-state index contributed by atoms with van der Waals surface area (Å²) < 4.78 is 19.4. The summed E-state index contributed by atoms with van der Waals surface area (Å²) in [5, 5.41) is 8.56. The number of nitrogens with one attached hydrogen (secondary N) is 1. The summed E-state index contributed by atoms with van der Waals surface area (Å²) in [6, 6.07) is 15.6. The maximum absolute atomic E-state index is 13.7. The van der Waals surface area contributed by atoms with Gasteiger partial charge in [0.25, 0.3) is 0 Å². The van der Waals surface area contributed by atoms with Crippen LogP contribution in [-0.2, 0) is 0 Å². The van der Waals surface area contributed by atoms with Crippen LogP contribution in [0.15, 0.2) is 59.1 Å². The first-order valence-electron chi connectivity index (χ1n) is 11.7. The van der Waals surface area contributed by atoms with E-state index in [1.165, 1.54) is 12.1 Å². The van der Waals surface area contributed by atoms with E-state index in [9.17, 15) is 9.18 Å². The number of ketones is 1. The molecule has 1 saturated heterocycles. The normalized spacial score (nSPS) is 15.6. The highest BCUT2D eigenvalue weighted by molar-refractivity contribution is 6.28. The fourth-order valence-electron chi connectivity index (χ4n) is 5.10. The number of halogens is 1. The number of anilines is 3. The molecule has 1 fully saturated rings. The van der Waals surface area contributed by atoms with Crippen LogP contribution in [0.1, 0.15) is 29.3 Å². The average molecular weight is 457 g/mol. The van der Waals surface area contributed by atoms with Crippen LogP contribution in [0.3, 0.4) is 0 Å². The van der Waals surface area contributed by atoms with Gasteiger partial charge >= 0.3 is 0 Å². The molecule has 7 heteroatoms. The molecular formula is C27H25FN4O2. The van der Waals surface area contributed by atoms with Gasteiger partial charge in [-0.1, -0.05) is 36.3 Å². The minimum absolute atomic E-state index is 0.0692. The van der Waals surface area contributed by atoms with Crippen LogP contribution >= 0.6 is 0 Å². The Hall–Kier alpha value is -3.71. The number of rotatable bonds is 5. The summed E-state index contributed by atoms with van der Waals surface area (Å²) in [6.07, 6.45) is 1.14. The minimum Gasteiger partial charge on any atom is -0.367 e. The number of piperazine rings is 1. The summed E-state index contributed by atoms with van der Waals surface area (Å²) in [5.41, 5.74) is 4.94. The van der Waals surface area contributed by atoms with E-state index in [4.69, 9.17) is 4.52 Å². The molecule has 3 aromatic carbocycles. The van der Waals surface area contributed by atoms with Crippen molar-refractivity contribution in [1.82, 2.24) is 10.1 Å². The Bertz CT molecular complexity index is 1390. The number of fused-ring (bicyclic) bond motifs is 2. The second kappa shape index (κ2) is 8.25. The summed E-state index contributed by atoms with van der Waals surface area (Å²) in [5.74, 6) is 0.244. The van der Waals surface area contributed by atoms with Gasteiger partial charge in [-0.15, -0.1) is 0 Å². The van der Waals surface area contributed by atoms with Gasteiger partial charge in [0.15, 0.2) is 11.5 Å². The zero-order valence-corrected chi connectivity index (χ0v) is 19.0. The largest absolute Gasteiger partial charge is 0.367 e. The molecule has 1 aromatic heterocycles. The fourth-order valence-corrected chi connectivity index (χ4v) is 5.10. The molecule has 1 aliphatic heterocycles. The van der Waals surface area contributed by atoms with E-state index in [1.807, 2.05) is 30.3 Å². The van der Waals surface area contributed by atoms with Crippen LogP contribution in [-0.4, -0.2) is 48.6 Å². The van der Waals surface area contributed by atoms with Crippen molar-refractivity contribution in [3.05, 3.63) is 71.5 Å². The molecule has 0 amide bonds. The van der Waals surface area contributed by atoms with Crippen LogP contribution in [0.4, 0.5) is 21.5 Å². The number of carbonyl (C=O) groups excluding carboxylic acids is 1. The Balaban J connectivity index is 1.51. The monoisotopic (exact) mass is 456 g/mol. The SMILES string of the molecule is CCCN1CCN(c2cc(Nc3ccc(F)cc3)c3c4c(onc24)-c2ccccc2C3=O)CC1. The Labute approximate surface area is 196 Å². The van der Waals surface area contributed by atoms with Crippen molar-refractivity contribution in [2.45, 2.75) is 13.3 Å². The molecule has 0 radical (unpaired) electrons. The lowest BCUT2D eigenvalue weighted by molar-refractivity contribution is 0.104. The zero-order valence-electron chi connectivity index (χ0n) is 19.0. The van der Waals surface area contributed by atoms with Crippen molar-refractivity contribution >= 4 is 33.7 Å². The predicted octanol–water partition coefficient (Wildman–Crippen LogP) is 5.45. The number of nitrogens with zero attached hydrogens (tertiary/aromatic N) is 3. The van der Waals surface area contributed by atoms with Crippen LogP contribution in [0.25, 0.3) is 22.2 Å². The highest BCUT2D eigenvalue weighted by Gasteiger charge is 2.34. The van der Waals surface area contributed by atoms with Crippen molar-refractivity contribution < 1.29 is 13.7 Å². The second-order valence-electron chi connectivity index (χ2n) is 8.89. The predicted molar refractivity (Wildman–Crippen MR) is 132 cm³/mol. The topological polar surface area (TPSA) is 61.6 Å². The summed E-state index contributed by atoms with van der Waals surface area (Å²) in [7, 11) is 0. The first-order valence-corrected chi connectivity index (χ1v) is 11.7. The molecule has 34 heavy (non-hydrogen) atoms. The summed E-state index contributed by atoms with van der Waals surface area (Å²) in [4.78, 5) is 18.5. The molecule has 2 aliphatic rings. The standard InChI is InChI=1S/C27H25FN4O2/c1-2-11-31-12-14-32(15-13-31)22-16-21(29-18-9-7-17(28)8-10-18)23-24-25(22)30-34-27(24)20-6-4-3-5-19(20)26(23)33/h3-10,16,29H,2,11-15H2,1H3. The van der Waals surface area contributed by atoms with Gasteiger partial charge < -0.3 is 14.7 Å². The first-order chi connectivity index (χ1) is 16.6. The van der Waals surface area contributed by atoms with Crippen LogP contribution in [0.2, 0.25) is 0 Å². The van der Waals surface area contributed by atoms with E-state index >= 15 is 0 Å². The quantitative estimate of drug-likeness (QED) is 0.379. The number of aromatic nitrogens is 1. The van der Waals surface area contributed by atoms with E-state index in [0.717, 1.165) is 55.8 Å². The Morgan fingerprint density at radius 2 is 1.76 bits per heavy atom. The van der Waals surface area contributed by atoms with Gasteiger partial charge in [0.2, 0.25) is 0 Å². The van der Waals surface area contributed by atoms with Gasteiger partial charge in [0.1, 0.15) is 11.3 Å². The Morgan fingerprint density at radius 3 is 2.50 bits per heavy atom. The highest BCUT2D eigenvalue weighted by atomic mass is 19.1. The van der Waals surface area contributed by atoms with E-state index in [-0.39, 0.29) is 11.6 Å². The van der Waals surface area contributed by atoms with Crippen LogP contribution < -0.4 is 10.2 Å². The molecule has 0 saturated carbocycles. The maximum Gasteiger partial charge on any atom is 0.196 e. The lowest BCUT2D eigenvalue weighted by Gasteiger charge is -2.36. The van der Waals surface area contributed by atoms with Crippen molar-refractivity contribution in [3.63, 3.8) is 0 Å². The maximum atomic E-state index is 13.7. The van der Waals surface area contributed by atoms with E-state index in [2.05, 4.69) is 27.2 Å². The fraction of sp³-hybridized carbons (Fsp3) is 0.259. The molecule has 6 rings (SSSR count). The lowest BCUT2D eigenvalue weighted by Crippen LogP contribution is -2.46. The molecule has 1 N–H and O–H groups in total. The first kappa shape index (κ1) is 20.9. The summed E-state index contributed by atoms with van der Waals surface area (Å²) >= 11 is 0. The number of hydrogen-bond acceptors (Lipinski definition) is 6. The van der Waals surface area contributed by atoms with Gasteiger partial charge in [-0.3, -0.25) is 9.69 Å². The van der Waals surface area contributed by atoms with Gasteiger partial charge in [0.05, 0.1) is 22.3 Å². The average Bonchev–Trinajstić information content (AvgIpc) is 3.30. The third kappa shape index (κ3) is 3.35. The number of carbonyl (C=O) groups is 1. The molecule has 0 spiro atoms. The van der Waals surface area contributed by atoms with Gasteiger partial charge in [0, 0.05) is 43.0 Å². The molecule has 2 heterocycles.